The first-order valence-electron chi connectivity index (χ1n) is 13.4. The van der Waals surface area contributed by atoms with Crippen LogP contribution < -0.4 is 10.6 Å². The first-order valence-corrected chi connectivity index (χ1v) is 13.4. The molecule has 0 spiro atoms. The number of rotatable bonds is 8. The summed E-state index contributed by atoms with van der Waals surface area (Å²) in [5.74, 6) is -0.633. The molecule has 0 fully saturated rings. The minimum absolute atomic E-state index is 0.0965. The molecule has 3 amide bonds. The van der Waals surface area contributed by atoms with Crippen molar-refractivity contribution in [2.45, 2.75) is 105 Å². The molecule has 0 heterocycles. The molecule has 0 bridgehead atoms. The number of ether oxygens (including phenoxy) is 1. The van der Waals surface area contributed by atoms with E-state index in [1.165, 1.54) is 17.0 Å². The quantitative estimate of drug-likeness (QED) is 0.420. The number of phenolic OH excluding ortho intramolecular Hbond substituents is 1. The predicted octanol–water partition coefficient (Wildman–Crippen LogP) is 5.34. The number of carbonyl (C=O) groups is 3. The van der Waals surface area contributed by atoms with Crippen LogP contribution in [0.3, 0.4) is 0 Å². The van der Waals surface area contributed by atoms with Crippen molar-refractivity contribution in [1.82, 2.24) is 15.5 Å². The van der Waals surface area contributed by atoms with E-state index in [2.05, 4.69) is 10.6 Å². The van der Waals surface area contributed by atoms with E-state index in [9.17, 15) is 19.5 Å². The Hall–Kier alpha value is -3.55. The number of benzene rings is 2. The third-order valence-corrected chi connectivity index (χ3v) is 5.76. The lowest BCUT2D eigenvalue weighted by Crippen LogP contribution is -2.57. The molecule has 0 aliphatic heterocycles. The van der Waals surface area contributed by atoms with Crippen molar-refractivity contribution in [2.24, 2.45) is 0 Å². The predicted molar refractivity (Wildman–Crippen MR) is 154 cm³/mol. The summed E-state index contributed by atoms with van der Waals surface area (Å²) in [6.07, 6.45) is -0.590. The third kappa shape index (κ3) is 9.93. The van der Waals surface area contributed by atoms with Gasteiger partial charge in [0.1, 0.15) is 23.4 Å². The first-order chi connectivity index (χ1) is 17.9. The van der Waals surface area contributed by atoms with Gasteiger partial charge in [-0.1, -0.05) is 41.5 Å². The van der Waals surface area contributed by atoms with Crippen molar-refractivity contribution in [1.29, 1.82) is 0 Å². The highest BCUT2D eigenvalue weighted by atomic mass is 16.6. The van der Waals surface area contributed by atoms with E-state index in [-0.39, 0.29) is 24.1 Å². The van der Waals surface area contributed by atoms with Gasteiger partial charge in [-0.15, -0.1) is 0 Å². The normalized spacial score (nSPS) is 13.4. The summed E-state index contributed by atoms with van der Waals surface area (Å²) in [5, 5.41) is 15.5. The summed E-state index contributed by atoms with van der Waals surface area (Å²) in [6.45, 7) is 18.5. The Morgan fingerprint density at radius 3 is 1.92 bits per heavy atom. The molecule has 0 aromatic heterocycles. The summed E-state index contributed by atoms with van der Waals surface area (Å²) >= 11 is 0. The average molecular weight is 540 g/mol. The lowest BCUT2D eigenvalue weighted by molar-refractivity contribution is -0.145. The van der Waals surface area contributed by atoms with Crippen molar-refractivity contribution >= 4 is 17.9 Å². The highest BCUT2D eigenvalue weighted by Gasteiger charge is 2.39. The van der Waals surface area contributed by atoms with Gasteiger partial charge in [0.25, 0.3) is 0 Å². The Balaban J connectivity index is 2.61. The molecular formula is C31H45N3O5. The minimum Gasteiger partial charge on any atom is -0.508 e. The fourth-order valence-electron chi connectivity index (χ4n) is 4.42. The van der Waals surface area contributed by atoms with E-state index < -0.39 is 35.2 Å². The Labute approximate surface area is 233 Å². The average Bonchev–Trinajstić information content (AvgIpc) is 2.74. The maximum absolute atomic E-state index is 14.3. The molecule has 214 valence electrons. The van der Waals surface area contributed by atoms with Crippen LogP contribution in [-0.4, -0.2) is 51.1 Å². The van der Waals surface area contributed by atoms with Crippen molar-refractivity contribution in [3.05, 3.63) is 64.7 Å². The molecular weight excluding hydrogens is 494 g/mol. The lowest BCUT2D eigenvalue weighted by Gasteiger charge is -2.38. The van der Waals surface area contributed by atoms with Gasteiger partial charge in [-0.2, -0.15) is 0 Å². The third-order valence-electron chi connectivity index (χ3n) is 5.76. The van der Waals surface area contributed by atoms with Crippen LogP contribution in [0.1, 0.15) is 83.7 Å². The maximum atomic E-state index is 14.3. The van der Waals surface area contributed by atoms with Crippen LogP contribution in [0.2, 0.25) is 0 Å². The number of aromatic hydroxyl groups is 1. The summed E-state index contributed by atoms with van der Waals surface area (Å²) in [6, 6.07) is 9.95. The smallest absolute Gasteiger partial charge is 0.408 e. The van der Waals surface area contributed by atoms with E-state index in [0.29, 0.717) is 5.56 Å². The van der Waals surface area contributed by atoms with E-state index in [1.54, 1.807) is 32.9 Å². The topological polar surface area (TPSA) is 108 Å². The van der Waals surface area contributed by atoms with Gasteiger partial charge >= 0.3 is 6.09 Å². The van der Waals surface area contributed by atoms with Crippen molar-refractivity contribution < 1.29 is 24.2 Å². The molecule has 2 rings (SSSR count). The molecule has 0 radical (unpaired) electrons. The number of nitrogens with one attached hydrogen (secondary N) is 2. The summed E-state index contributed by atoms with van der Waals surface area (Å²) in [4.78, 5) is 42.5. The van der Waals surface area contributed by atoms with Crippen LogP contribution in [0, 0.1) is 13.8 Å². The van der Waals surface area contributed by atoms with Gasteiger partial charge in [-0.3, -0.25) is 9.59 Å². The van der Waals surface area contributed by atoms with E-state index in [1.807, 2.05) is 66.7 Å². The molecule has 0 aliphatic rings. The van der Waals surface area contributed by atoms with Gasteiger partial charge < -0.3 is 25.4 Å². The van der Waals surface area contributed by atoms with Crippen molar-refractivity contribution in [2.75, 3.05) is 0 Å². The van der Waals surface area contributed by atoms with Gasteiger partial charge in [0.15, 0.2) is 0 Å². The fraction of sp³-hybridized carbons (Fsp3) is 0.516. The number of nitrogens with zero attached hydrogens (tertiary/aromatic N) is 1. The molecule has 2 unspecified atom stereocenters. The molecule has 2 aromatic rings. The monoisotopic (exact) mass is 539 g/mol. The van der Waals surface area contributed by atoms with Crippen LogP contribution in [-0.2, 0) is 20.7 Å². The molecule has 2 aromatic carbocycles. The second-order valence-corrected chi connectivity index (χ2v) is 12.5. The van der Waals surface area contributed by atoms with Gasteiger partial charge in [0.2, 0.25) is 11.8 Å². The highest BCUT2D eigenvalue weighted by molar-refractivity contribution is 5.92. The SMILES string of the molecule is Cc1cc(C)cc(C(C(=O)NC(C)(C)C)N(C(=O)C(Cc2ccc(O)cc2)NC(=O)OC(C)(C)C)C(C)C)c1. The maximum Gasteiger partial charge on any atom is 0.408 e. The van der Waals surface area contributed by atoms with Crippen LogP contribution in [0.25, 0.3) is 0 Å². The second kappa shape index (κ2) is 12.5. The zero-order valence-electron chi connectivity index (χ0n) is 25.0. The summed E-state index contributed by atoms with van der Waals surface area (Å²) < 4.78 is 5.47. The van der Waals surface area contributed by atoms with Crippen molar-refractivity contribution in [3.63, 3.8) is 0 Å². The molecule has 39 heavy (non-hydrogen) atoms. The molecule has 0 saturated carbocycles. The summed E-state index contributed by atoms with van der Waals surface area (Å²) in [5.41, 5.74) is 2.08. The van der Waals surface area contributed by atoms with Crippen LogP contribution in [0.5, 0.6) is 5.75 Å². The summed E-state index contributed by atoms with van der Waals surface area (Å²) in [7, 11) is 0. The first kappa shape index (κ1) is 31.7. The van der Waals surface area contributed by atoms with Gasteiger partial charge in [-0.25, -0.2) is 4.79 Å². The molecule has 8 heteroatoms. The van der Waals surface area contributed by atoms with Gasteiger partial charge in [0.05, 0.1) is 0 Å². The number of amides is 3. The van der Waals surface area contributed by atoms with Gasteiger partial charge in [0, 0.05) is 18.0 Å². The number of carbonyl (C=O) groups excluding carboxylic acids is 3. The lowest BCUT2D eigenvalue weighted by atomic mass is 9.95. The minimum atomic E-state index is -1.03. The van der Waals surface area contributed by atoms with E-state index in [0.717, 1.165) is 16.7 Å². The fourth-order valence-corrected chi connectivity index (χ4v) is 4.42. The van der Waals surface area contributed by atoms with Crippen LogP contribution in [0.4, 0.5) is 4.79 Å². The molecule has 0 saturated heterocycles. The Kier molecular flexibility index (Phi) is 10.2. The molecule has 8 nitrogen and oxygen atoms in total. The zero-order chi connectivity index (χ0) is 29.7. The molecule has 0 aliphatic carbocycles. The Morgan fingerprint density at radius 2 is 1.46 bits per heavy atom. The number of phenols is 1. The zero-order valence-corrected chi connectivity index (χ0v) is 25.0. The standard InChI is InChI=1S/C31H45N3O5/c1-19(2)34(26(27(36)33-30(5,6)7)23-16-20(3)15-21(4)17-23)28(37)25(32-29(38)39-31(8,9)10)18-22-11-13-24(35)14-12-22/h11-17,19,25-26,35H,18H2,1-10H3,(H,32,38)(H,33,36). The second-order valence-electron chi connectivity index (χ2n) is 12.5. The number of hydrogen-bond acceptors (Lipinski definition) is 5. The molecule has 3 N–H and O–H groups in total. The number of aryl methyl sites for hydroxylation is 2. The van der Waals surface area contributed by atoms with Crippen molar-refractivity contribution in [3.8, 4) is 5.75 Å². The van der Waals surface area contributed by atoms with E-state index >= 15 is 0 Å². The van der Waals surface area contributed by atoms with Crippen LogP contribution >= 0.6 is 0 Å². The van der Waals surface area contributed by atoms with Gasteiger partial charge in [-0.05, 0) is 92.5 Å². The highest BCUT2D eigenvalue weighted by Crippen LogP contribution is 2.28. The van der Waals surface area contributed by atoms with Crippen LogP contribution in [0.15, 0.2) is 42.5 Å². The Bertz CT molecular complexity index is 1140. The molecule has 2 atom stereocenters. The number of hydrogen-bond donors (Lipinski definition) is 3. The van der Waals surface area contributed by atoms with E-state index in [4.69, 9.17) is 4.74 Å². The number of alkyl carbamates (subject to hydrolysis) is 1. The Morgan fingerprint density at radius 1 is 0.923 bits per heavy atom. The largest absolute Gasteiger partial charge is 0.508 e.